The van der Waals surface area contributed by atoms with E-state index in [1.807, 2.05) is 24.3 Å². The van der Waals surface area contributed by atoms with Gasteiger partial charge in [0.05, 0.1) is 20.3 Å². The van der Waals surface area contributed by atoms with Gasteiger partial charge in [0.15, 0.2) is 0 Å². The number of carbonyl (C=O) groups excluding carboxylic acids is 1. The Morgan fingerprint density at radius 3 is 2.86 bits per heavy atom. The van der Waals surface area contributed by atoms with Gasteiger partial charge in [0.2, 0.25) is 0 Å². The standard InChI is InChI=1S/C15H11BrN2O2S/c16-14-9(4-3-5-10(14)17)15(19)20-8-13-18-11-6-1-2-7-12(11)21-13/h1-7H,8,17H2. The average Bonchev–Trinajstić information content (AvgIpc) is 2.90. The summed E-state index contributed by atoms with van der Waals surface area (Å²) in [5.41, 5.74) is 7.58. The number of hydrogen-bond acceptors (Lipinski definition) is 5. The van der Waals surface area contributed by atoms with Crippen molar-refractivity contribution in [1.29, 1.82) is 0 Å². The highest BCUT2D eigenvalue weighted by molar-refractivity contribution is 9.10. The molecule has 21 heavy (non-hydrogen) atoms. The topological polar surface area (TPSA) is 65.2 Å². The zero-order chi connectivity index (χ0) is 14.8. The highest BCUT2D eigenvalue weighted by Crippen LogP contribution is 2.26. The van der Waals surface area contributed by atoms with E-state index in [1.165, 1.54) is 11.3 Å². The van der Waals surface area contributed by atoms with Crippen molar-refractivity contribution < 1.29 is 9.53 Å². The number of esters is 1. The van der Waals surface area contributed by atoms with E-state index in [0.29, 0.717) is 15.7 Å². The van der Waals surface area contributed by atoms with E-state index in [4.69, 9.17) is 10.5 Å². The van der Waals surface area contributed by atoms with Gasteiger partial charge in [-0.1, -0.05) is 18.2 Å². The van der Waals surface area contributed by atoms with E-state index in [1.54, 1.807) is 18.2 Å². The Morgan fingerprint density at radius 2 is 2.05 bits per heavy atom. The largest absolute Gasteiger partial charge is 0.455 e. The van der Waals surface area contributed by atoms with Gasteiger partial charge in [0.25, 0.3) is 0 Å². The first-order valence-electron chi connectivity index (χ1n) is 6.20. The van der Waals surface area contributed by atoms with Crippen LogP contribution in [0, 0.1) is 0 Å². The first kappa shape index (κ1) is 14.0. The van der Waals surface area contributed by atoms with Crippen LogP contribution in [-0.4, -0.2) is 11.0 Å². The van der Waals surface area contributed by atoms with Crippen molar-refractivity contribution in [1.82, 2.24) is 4.98 Å². The lowest BCUT2D eigenvalue weighted by molar-refractivity contribution is 0.0471. The Kier molecular flexibility index (Phi) is 3.90. The van der Waals surface area contributed by atoms with Crippen LogP contribution >= 0.6 is 27.3 Å². The quantitative estimate of drug-likeness (QED) is 0.564. The molecule has 106 valence electrons. The summed E-state index contributed by atoms with van der Waals surface area (Å²) in [5, 5.41) is 0.768. The molecule has 4 nitrogen and oxygen atoms in total. The van der Waals surface area contributed by atoms with E-state index < -0.39 is 5.97 Å². The van der Waals surface area contributed by atoms with Crippen LogP contribution in [0.15, 0.2) is 46.9 Å². The molecule has 0 unspecified atom stereocenters. The maximum Gasteiger partial charge on any atom is 0.339 e. The number of anilines is 1. The van der Waals surface area contributed by atoms with Crippen molar-refractivity contribution in [2.24, 2.45) is 0 Å². The first-order valence-corrected chi connectivity index (χ1v) is 7.81. The summed E-state index contributed by atoms with van der Waals surface area (Å²) in [5.74, 6) is -0.423. The predicted molar refractivity (Wildman–Crippen MR) is 87.3 cm³/mol. The van der Waals surface area contributed by atoms with Crippen LogP contribution in [0.4, 0.5) is 5.69 Å². The molecule has 1 aromatic heterocycles. The number of ether oxygens (including phenoxy) is 1. The Labute approximate surface area is 133 Å². The molecule has 3 rings (SSSR count). The van der Waals surface area contributed by atoms with E-state index in [0.717, 1.165) is 15.2 Å². The van der Waals surface area contributed by atoms with Crippen molar-refractivity contribution in [3.05, 3.63) is 57.5 Å². The van der Waals surface area contributed by atoms with Gasteiger partial charge in [-0.05, 0) is 40.2 Å². The summed E-state index contributed by atoms with van der Waals surface area (Å²) in [6, 6.07) is 12.9. The maximum atomic E-state index is 12.1. The summed E-state index contributed by atoms with van der Waals surface area (Å²) in [7, 11) is 0. The molecular formula is C15H11BrN2O2S. The number of fused-ring (bicyclic) bond motifs is 1. The molecule has 0 amide bonds. The smallest absolute Gasteiger partial charge is 0.339 e. The van der Waals surface area contributed by atoms with E-state index in [2.05, 4.69) is 20.9 Å². The second-order valence-corrected chi connectivity index (χ2v) is 6.27. The first-order chi connectivity index (χ1) is 10.1. The van der Waals surface area contributed by atoms with E-state index >= 15 is 0 Å². The van der Waals surface area contributed by atoms with Crippen LogP contribution < -0.4 is 5.73 Å². The number of para-hydroxylation sites is 1. The molecule has 0 saturated carbocycles. The minimum atomic E-state index is -0.423. The zero-order valence-corrected chi connectivity index (χ0v) is 13.3. The molecular weight excluding hydrogens is 352 g/mol. The number of rotatable bonds is 3. The summed E-state index contributed by atoms with van der Waals surface area (Å²) < 4.78 is 6.94. The third-order valence-electron chi connectivity index (χ3n) is 2.91. The lowest BCUT2D eigenvalue weighted by Crippen LogP contribution is -2.07. The van der Waals surface area contributed by atoms with Gasteiger partial charge < -0.3 is 10.5 Å². The minimum absolute atomic E-state index is 0.152. The van der Waals surface area contributed by atoms with Gasteiger partial charge in [0, 0.05) is 5.69 Å². The predicted octanol–water partition coefficient (Wildman–Crippen LogP) is 4.00. The normalized spacial score (nSPS) is 10.7. The van der Waals surface area contributed by atoms with E-state index in [9.17, 15) is 4.79 Å². The number of aromatic nitrogens is 1. The molecule has 0 atom stereocenters. The molecule has 0 aliphatic rings. The Bertz CT molecular complexity index is 783. The van der Waals surface area contributed by atoms with E-state index in [-0.39, 0.29) is 6.61 Å². The number of thiazole rings is 1. The fourth-order valence-corrected chi connectivity index (χ4v) is 3.20. The van der Waals surface area contributed by atoms with Crippen LogP contribution in [0.3, 0.4) is 0 Å². The van der Waals surface area contributed by atoms with Crippen LogP contribution in [0.5, 0.6) is 0 Å². The van der Waals surface area contributed by atoms with Gasteiger partial charge >= 0.3 is 5.97 Å². The van der Waals surface area contributed by atoms with Crippen molar-refractivity contribution in [3.63, 3.8) is 0 Å². The number of nitrogens with zero attached hydrogens (tertiary/aromatic N) is 1. The number of nitrogen functional groups attached to an aromatic ring is 1. The fourth-order valence-electron chi connectivity index (χ4n) is 1.89. The Morgan fingerprint density at radius 1 is 1.24 bits per heavy atom. The number of benzene rings is 2. The van der Waals surface area contributed by atoms with Crippen molar-refractivity contribution in [2.45, 2.75) is 6.61 Å². The van der Waals surface area contributed by atoms with Gasteiger partial charge in [-0.2, -0.15) is 0 Å². The average molecular weight is 363 g/mol. The number of hydrogen-bond donors (Lipinski definition) is 1. The highest BCUT2D eigenvalue weighted by Gasteiger charge is 2.14. The Hall–Kier alpha value is -1.92. The Balaban J connectivity index is 1.75. The monoisotopic (exact) mass is 362 g/mol. The molecule has 0 fully saturated rings. The van der Waals surface area contributed by atoms with Crippen molar-refractivity contribution in [3.8, 4) is 0 Å². The molecule has 0 spiro atoms. The van der Waals surface area contributed by atoms with Crippen molar-refractivity contribution >= 4 is 49.1 Å². The molecule has 6 heteroatoms. The SMILES string of the molecule is Nc1cccc(C(=O)OCc2nc3ccccc3s2)c1Br. The summed E-state index contributed by atoms with van der Waals surface area (Å²) in [6.45, 7) is 0.152. The van der Waals surface area contributed by atoms with Gasteiger partial charge in [-0.3, -0.25) is 0 Å². The molecule has 2 N–H and O–H groups in total. The third-order valence-corrected chi connectivity index (χ3v) is 4.81. The summed E-state index contributed by atoms with van der Waals surface area (Å²) >= 11 is 4.81. The number of carbonyl (C=O) groups is 1. The van der Waals surface area contributed by atoms with Crippen LogP contribution in [0.1, 0.15) is 15.4 Å². The zero-order valence-electron chi connectivity index (χ0n) is 10.9. The molecule has 2 aromatic carbocycles. The minimum Gasteiger partial charge on any atom is -0.455 e. The summed E-state index contributed by atoms with van der Waals surface area (Å²) in [6.07, 6.45) is 0. The molecule has 1 heterocycles. The molecule has 0 aliphatic heterocycles. The van der Waals surface area contributed by atoms with Crippen LogP contribution in [0.25, 0.3) is 10.2 Å². The molecule has 0 aliphatic carbocycles. The lowest BCUT2D eigenvalue weighted by atomic mass is 10.2. The van der Waals surface area contributed by atoms with Crippen LogP contribution in [0.2, 0.25) is 0 Å². The molecule has 0 saturated heterocycles. The van der Waals surface area contributed by atoms with Gasteiger partial charge in [-0.15, -0.1) is 11.3 Å². The highest BCUT2D eigenvalue weighted by atomic mass is 79.9. The fraction of sp³-hybridized carbons (Fsp3) is 0.0667. The van der Waals surface area contributed by atoms with Gasteiger partial charge in [0.1, 0.15) is 11.6 Å². The molecule has 3 aromatic rings. The molecule has 0 radical (unpaired) electrons. The third kappa shape index (κ3) is 2.91. The second-order valence-electron chi connectivity index (χ2n) is 4.36. The maximum absolute atomic E-state index is 12.1. The molecule has 0 bridgehead atoms. The van der Waals surface area contributed by atoms with Gasteiger partial charge in [-0.25, -0.2) is 9.78 Å². The number of halogens is 1. The second kappa shape index (κ2) is 5.83. The van der Waals surface area contributed by atoms with Crippen molar-refractivity contribution in [2.75, 3.05) is 5.73 Å². The number of nitrogens with two attached hydrogens (primary N) is 1. The lowest BCUT2D eigenvalue weighted by Gasteiger charge is -2.06. The van der Waals surface area contributed by atoms with Crippen LogP contribution in [-0.2, 0) is 11.3 Å². The summed E-state index contributed by atoms with van der Waals surface area (Å²) in [4.78, 5) is 16.5.